The smallest absolute Gasteiger partial charge is 0.252 e. The number of benzene rings is 1. The largest absolute Gasteiger partial charge is 0.352 e. The van der Waals surface area contributed by atoms with Gasteiger partial charge in [0, 0.05) is 27.7 Å². The summed E-state index contributed by atoms with van der Waals surface area (Å²) in [5.74, 6) is -0.0726. The van der Waals surface area contributed by atoms with Crippen LogP contribution in [0, 0.1) is 13.8 Å². The first kappa shape index (κ1) is 16.2. The number of carbonyl (C=O) groups is 1. The molecule has 0 unspecified atom stereocenters. The van der Waals surface area contributed by atoms with Gasteiger partial charge in [-0.2, -0.15) is 5.10 Å². The van der Waals surface area contributed by atoms with Crippen LogP contribution in [0.4, 0.5) is 0 Å². The van der Waals surface area contributed by atoms with Crippen molar-refractivity contribution >= 4 is 37.8 Å². The molecule has 0 aliphatic heterocycles. The quantitative estimate of drug-likeness (QED) is 0.755. The maximum atomic E-state index is 12.1. The van der Waals surface area contributed by atoms with E-state index < -0.39 is 0 Å². The Balaban J connectivity index is 1.84. The van der Waals surface area contributed by atoms with E-state index in [2.05, 4.69) is 48.3 Å². The number of aromatic nitrogens is 2. The van der Waals surface area contributed by atoms with Crippen molar-refractivity contribution in [2.45, 2.75) is 26.8 Å². The molecule has 112 valence electrons. The topological polar surface area (TPSA) is 46.9 Å². The van der Waals surface area contributed by atoms with E-state index in [1.54, 1.807) is 6.07 Å². The number of aryl methyl sites for hydroxylation is 3. The third-order valence-corrected chi connectivity index (χ3v) is 4.29. The zero-order chi connectivity index (χ0) is 15.4. The van der Waals surface area contributed by atoms with E-state index in [1.165, 1.54) is 0 Å². The van der Waals surface area contributed by atoms with E-state index in [0.717, 1.165) is 33.3 Å². The highest BCUT2D eigenvalue weighted by atomic mass is 79.9. The van der Waals surface area contributed by atoms with Crippen molar-refractivity contribution in [1.29, 1.82) is 0 Å². The molecule has 0 radical (unpaired) electrons. The Morgan fingerprint density at radius 2 is 2.05 bits per heavy atom. The number of amides is 1. The van der Waals surface area contributed by atoms with Crippen molar-refractivity contribution in [3.05, 3.63) is 50.2 Å². The summed E-state index contributed by atoms with van der Waals surface area (Å²) in [5.41, 5.74) is 2.80. The van der Waals surface area contributed by atoms with Crippen LogP contribution in [0.25, 0.3) is 0 Å². The Morgan fingerprint density at radius 1 is 1.29 bits per heavy atom. The summed E-state index contributed by atoms with van der Waals surface area (Å²) < 4.78 is 3.65. The van der Waals surface area contributed by atoms with Gasteiger partial charge in [0.15, 0.2) is 0 Å². The number of carbonyl (C=O) groups excluding carboxylic acids is 1. The molecular formula is C15H17Br2N3O. The minimum Gasteiger partial charge on any atom is -0.352 e. The van der Waals surface area contributed by atoms with Gasteiger partial charge in [-0.25, -0.2) is 0 Å². The molecule has 2 aromatic rings. The second kappa shape index (κ2) is 7.22. The molecule has 0 saturated carbocycles. The van der Waals surface area contributed by atoms with Gasteiger partial charge in [-0.05, 0) is 60.5 Å². The SMILES string of the molecule is Cc1cc(C)n(CCCNC(=O)c2cc(Br)ccc2Br)n1. The van der Waals surface area contributed by atoms with Gasteiger partial charge in [-0.3, -0.25) is 9.48 Å². The maximum absolute atomic E-state index is 12.1. The fourth-order valence-electron chi connectivity index (χ4n) is 2.10. The summed E-state index contributed by atoms with van der Waals surface area (Å²) in [7, 11) is 0. The van der Waals surface area contributed by atoms with Crippen LogP contribution in [0.2, 0.25) is 0 Å². The lowest BCUT2D eigenvalue weighted by Crippen LogP contribution is -2.25. The first-order chi connectivity index (χ1) is 9.97. The number of hydrogen-bond donors (Lipinski definition) is 1. The average molecular weight is 415 g/mol. The molecule has 6 heteroatoms. The molecule has 1 amide bonds. The molecule has 21 heavy (non-hydrogen) atoms. The second-order valence-corrected chi connectivity index (χ2v) is 6.65. The average Bonchev–Trinajstić information content (AvgIpc) is 2.75. The molecule has 1 aromatic heterocycles. The van der Waals surface area contributed by atoms with Crippen LogP contribution in [0.3, 0.4) is 0 Å². The van der Waals surface area contributed by atoms with Gasteiger partial charge in [0.25, 0.3) is 5.91 Å². The standard InChI is InChI=1S/C15H17Br2N3O/c1-10-8-11(2)20(19-10)7-3-6-18-15(21)13-9-12(16)4-5-14(13)17/h4-5,8-9H,3,6-7H2,1-2H3,(H,18,21). The highest BCUT2D eigenvalue weighted by Gasteiger charge is 2.10. The van der Waals surface area contributed by atoms with Crippen LogP contribution in [0.1, 0.15) is 28.2 Å². The van der Waals surface area contributed by atoms with Crippen LogP contribution >= 0.6 is 31.9 Å². The minimum absolute atomic E-state index is 0.0726. The van der Waals surface area contributed by atoms with Crippen molar-refractivity contribution in [3.8, 4) is 0 Å². The Bertz CT molecular complexity index is 652. The van der Waals surface area contributed by atoms with Gasteiger partial charge in [-0.15, -0.1) is 0 Å². The number of nitrogens with one attached hydrogen (secondary N) is 1. The predicted octanol–water partition coefficient (Wildman–Crippen LogP) is 3.85. The lowest BCUT2D eigenvalue weighted by Gasteiger charge is -2.08. The zero-order valence-corrected chi connectivity index (χ0v) is 15.2. The fraction of sp³-hybridized carbons (Fsp3) is 0.333. The van der Waals surface area contributed by atoms with Gasteiger partial charge in [-0.1, -0.05) is 15.9 Å². The van der Waals surface area contributed by atoms with Crippen molar-refractivity contribution < 1.29 is 4.79 Å². The number of halogens is 2. The first-order valence-corrected chi connectivity index (χ1v) is 8.30. The van der Waals surface area contributed by atoms with E-state index in [1.807, 2.05) is 30.7 Å². The highest BCUT2D eigenvalue weighted by Crippen LogP contribution is 2.21. The molecular weight excluding hydrogens is 398 g/mol. The van der Waals surface area contributed by atoms with Crippen LogP contribution in [0.15, 0.2) is 33.2 Å². The first-order valence-electron chi connectivity index (χ1n) is 6.71. The van der Waals surface area contributed by atoms with Gasteiger partial charge in [0.1, 0.15) is 0 Å². The summed E-state index contributed by atoms with van der Waals surface area (Å²) in [5, 5.41) is 7.33. The molecule has 0 aliphatic rings. The van der Waals surface area contributed by atoms with Gasteiger partial charge in [0.2, 0.25) is 0 Å². The Labute approximate surface area is 141 Å². The molecule has 0 aliphatic carbocycles. The fourth-order valence-corrected chi connectivity index (χ4v) is 2.89. The van der Waals surface area contributed by atoms with E-state index in [4.69, 9.17) is 0 Å². The summed E-state index contributed by atoms with van der Waals surface area (Å²) in [4.78, 5) is 12.1. The highest BCUT2D eigenvalue weighted by molar-refractivity contribution is 9.11. The van der Waals surface area contributed by atoms with Crippen molar-refractivity contribution in [1.82, 2.24) is 15.1 Å². The zero-order valence-electron chi connectivity index (χ0n) is 12.0. The Morgan fingerprint density at radius 3 is 2.71 bits per heavy atom. The van der Waals surface area contributed by atoms with Crippen LogP contribution in [0.5, 0.6) is 0 Å². The third-order valence-electron chi connectivity index (χ3n) is 3.11. The normalized spacial score (nSPS) is 10.7. The lowest BCUT2D eigenvalue weighted by atomic mass is 10.2. The molecule has 4 nitrogen and oxygen atoms in total. The predicted molar refractivity (Wildman–Crippen MR) is 90.5 cm³/mol. The lowest BCUT2D eigenvalue weighted by molar-refractivity contribution is 0.0951. The monoisotopic (exact) mass is 413 g/mol. The second-order valence-electron chi connectivity index (χ2n) is 4.88. The van der Waals surface area contributed by atoms with Gasteiger partial charge in [0.05, 0.1) is 11.3 Å². The Hall–Kier alpha value is -1.14. The van der Waals surface area contributed by atoms with E-state index >= 15 is 0 Å². The molecule has 1 heterocycles. The summed E-state index contributed by atoms with van der Waals surface area (Å²) in [6.45, 7) is 5.45. The molecule has 0 atom stereocenters. The molecule has 0 bridgehead atoms. The molecule has 0 saturated heterocycles. The molecule has 1 aromatic carbocycles. The van der Waals surface area contributed by atoms with E-state index in [9.17, 15) is 4.79 Å². The van der Waals surface area contributed by atoms with Crippen LogP contribution in [-0.2, 0) is 6.54 Å². The van der Waals surface area contributed by atoms with Crippen LogP contribution in [-0.4, -0.2) is 22.2 Å². The molecule has 2 rings (SSSR count). The number of rotatable bonds is 5. The third kappa shape index (κ3) is 4.41. The van der Waals surface area contributed by atoms with Crippen LogP contribution < -0.4 is 5.32 Å². The number of hydrogen-bond acceptors (Lipinski definition) is 2. The van der Waals surface area contributed by atoms with E-state index in [0.29, 0.717) is 12.1 Å². The summed E-state index contributed by atoms with van der Waals surface area (Å²) in [6, 6.07) is 7.61. The molecule has 0 spiro atoms. The molecule has 1 N–H and O–H groups in total. The maximum Gasteiger partial charge on any atom is 0.252 e. The van der Waals surface area contributed by atoms with E-state index in [-0.39, 0.29) is 5.91 Å². The number of nitrogens with zero attached hydrogens (tertiary/aromatic N) is 2. The summed E-state index contributed by atoms with van der Waals surface area (Å²) in [6.07, 6.45) is 0.847. The summed E-state index contributed by atoms with van der Waals surface area (Å²) >= 11 is 6.77. The van der Waals surface area contributed by atoms with Gasteiger partial charge >= 0.3 is 0 Å². The minimum atomic E-state index is -0.0726. The van der Waals surface area contributed by atoms with Crippen molar-refractivity contribution in [2.75, 3.05) is 6.54 Å². The van der Waals surface area contributed by atoms with Gasteiger partial charge < -0.3 is 5.32 Å². The Kier molecular flexibility index (Phi) is 5.58. The van der Waals surface area contributed by atoms with Crippen molar-refractivity contribution in [2.24, 2.45) is 0 Å². The molecule has 0 fully saturated rings. The van der Waals surface area contributed by atoms with Crippen molar-refractivity contribution in [3.63, 3.8) is 0 Å².